The summed E-state index contributed by atoms with van der Waals surface area (Å²) in [7, 11) is 0. The maximum absolute atomic E-state index is 11.7. The molecule has 0 radical (unpaired) electrons. The summed E-state index contributed by atoms with van der Waals surface area (Å²) in [6, 6.07) is 1.25. The third kappa shape index (κ3) is 4.48. The van der Waals surface area contributed by atoms with Crippen molar-refractivity contribution in [2.45, 2.75) is 77.3 Å². The minimum atomic E-state index is 0.0171. The molecule has 3 nitrogen and oxygen atoms in total. The summed E-state index contributed by atoms with van der Waals surface area (Å²) >= 11 is 0. The molecule has 2 aliphatic rings. The summed E-state index contributed by atoms with van der Waals surface area (Å²) in [5, 5.41) is 3.76. The third-order valence-electron chi connectivity index (χ3n) is 4.78. The highest BCUT2D eigenvalue weighted by Gasteiger charge is 2.28. The molecule has 0 amide bonds. The number of nitrogens with one attached hydrogen (secondary N) is 1. The van der Waals surface area contributed by atoms with Gasteiger partial charge in [0.05, 0.1) is 12.5 Å². The molecule has 3 heteroatoms. The Kier molecular flexibility index (Phi) is 5.68. The smallest absolute Gasteiger partial charge is 0.308 e. The van der Waals surface area contributed by atoms with Gasteiger partial charge in [-0.1, -0.05) is 19.3 Å². The fourth-order valence-electron chi connectivity index (χ4n) is 3.45. The third-order valence-corrected chi connectivity index (χ3v) is 4.78. The SMILES string of the molecule is CCOC(=O)C1CCC(NC(C)CC2CCC2)CC1. The zero-order valence-electron chi connectivity index (χ0n) is 12.5. The van der Waals surface area contributed by atoms with Crippen LogP contribution in [-0.2, 0) is 9.53 Å². The second-order valence-electron chi connectivity index (χ2n) is 6.40. The van der Waals surface area contributed by atoms with E-state index < -0.39 is 0 Å². The molecule has 0 bridgehead atoms. The van der Waals surface area contributed by atoms with Gasteiger partial charge in [-0.25, -0.2) is 0 Å². The lowest BCUT2D eigenvalue weighted by atomic mass is 9.80. The normalized spacial score (nSPS) is 29.6. The summed E-state index contributed by atoms with van der Waals surface area (Å²) in [5.74, 6) is 1.14. The predicted molar refractivity (Wildman–Crippen MR) is 76.9 cm³/mol. The fourth-order valence-corrected chi connectivity index (χ4v) is 3.45. The number of esters is 1. The molecule has 1 N–H and O–H groups in total. The average molecular weight is 267 g/mol. The van der Waals surface area contributed by atoms with Gasteiger partial charge < -0.3 is 10.1 Å². The summed E-state index contributed by atoms with van der Waals surface area (Å²) < 4.78 is 5.11. The minimum Gasteiger partial charge on any atom is -0.466 e. The van der Waals surface area contributed by atoms with Gasteiger partial charge in [-0.3, -0.25) is 4.79 Å². The fraction of sp³-hybridized carbons (Fsp3) is 0.938. The van der Waals surface area contributed by atoms with Crippen LogP contribution in [0.4, 0.5) is 0 Å². The molecular formula is C16H29NO2. The Morgan fingerprint density at radius 2 is 1.89 bits per heavy atom. The van der Waals surface area contributed by atoms with Crippen LogP contribution in [0, 0.1) is 11.8 Å². The van der Waals surface area contributed by atoms with Gasteiger partial charge in [-0.05, 0) is 51.9 Å². The summed E-state index contributed by atoms with van der Waals surface area (Å²) in [5.41, 5.74) is 0. The average Bonchev–Trinajstić information content (AvgIpc) is 2.35. The monoisotopic (exact) mass is 267 g/mol. The Bertz CT molecular complexity index is 280. The Labute approximate surface area is 117 Å². The van der Waals surface area contributed by atoms with Crippen LogP contribution < -0.4 is 5.32 Å². The largest absolute Gasteiger partial charge is 0.466 e. The van der Waals surface area contributed by atoms with Crippen molar-refractivity contribution in [1.82, 2.24) is 5.32 Å². The van der Waals surface area contributed by atoms with Gasteiger partial charge in [0.2, 0.25) is 0 Å². The number of carbonyl (C=O) groups excluding carboxylic acids is 1. The van der Waals surface area contributed by atoms with Gasteiger partial charge in [0.1, 0.15) is 0 Å². The first-order chi connectivity index (χ1) is 9.19. The summed E-state index contributed by atoms with van der Waals surface area (Å²) in [4.78, 5) is 11.7. The van der Waals surface area contributed by atoms with Crippen LogP contribution in [0.5, 0.6) is 0 Å². The first-order valence-corrected chi connectivity index (χ1v) is 8.11. The van der Waals surface area contributed by atoms with E-state index in [1.165, 1.54) is 25.7 Å². The number of hydrogen-bond donors (Lipinski definition) is 1. The Morgan fingerprint density at radius 3 is 2.42 bits per heavy atom. The number of rotatable bonds is 6. The van der Waals surface area contributed by atoms with Crippen LogP contribution in [0.25, 0.3) is 0 Å². The summed E-state index contributed by atoms with van der Waals surface area (Å²) in [6.07, 6.45) is 9.86. The van der Waals surface area contributed by atoms with Gasteiger partial charge in [0, 0.05) is 12.1 Å². The van der Waals surface area contributed by atoms with E-state index in [4.69, 9.17) is 4.74 Å². The quantitative estimate of drug-likeness (QED) is 0.751. The van der Waals surface area contributed by atoms with Crippen LogP contribution >= 0.6 is 0 Å². The lowest BCUT2D eigenvalue weighted by Gasteiger charge is -2.33. The van der Waals surface area contributed by atoms with E-state index in [-0.39, 0.29) is 11.9 Å². The van der Waals surface area contributed by atoms with E-state index in [1.807, 2.05) is 6.92 Å². The number of hydrogen-bond acceptors (Lipinski definition) is 3. The van der Waals surface area contributed by atoms with E-state index in [0.29, 0.717) is 18.7 Å². The highest BCUT2D eigenvalue weighted by molar-refractivity contribution is 5.72. The van der Waals surface area contributed by atoms with Crippen molar-refractivity contribution in [3.8, 4) is 0 Å². The maximum Gasteiger partial charge on any atom is 0.308 e. The highest BCUT2D eigenvalue weighted by Crippen LogP contribution is 2.31. The van der Waals surface area contributed by atoms with Crippen LogP contribution in [0.3, 0.4) is 0 Å². The molecule has 0 aliphatic heterocycles. The highest BCUT2D eigenvalue weighted by atomic mass is 16.5. The van der Waals surface area contributed by atoms with Gasteiger partial charge in [0.15, 0.2) is 0 Å². The van der Waals surface area contributed by atoms with E-state index in [0.717, 1.165) is 31.6 Å². The first kappa shape index (κ1) is 14.8. The maximum atomic E-state index is 11.7. The molecule has 1 unspecified atom stereocenters. The van der Waals surface area contributed by atoms with Crippen molar-refractivity contribution in [3.63, 3.8) is 0 Å². The molecule has 2 aliphatic carbocycles. The molecule has 0 aromatic rings. The van der Waals surface area contributed by atoms with Crippen molar-refractivity contribution in [2.24, 2.45) is 11.8 Å². The van der Waals surface area contributed by atoms with Gasteiger partial charge in [-0.2, -0.15) is 0 Å². The van der Waals surface area contributed by atoms with Crippen molar-refractivity contribution in [2.75, 3.05) is 6.61 Å². The molecule has 19 heavy (non-hydrogen) atoms. The van der Waals surface area contributed by atoms with E-state index >= 15 is 0 Å². The molecule has 110 valence electrons. The number of ether oxygens (including phenoxy) is 1. The second-order valence-corrected chi connectivity index (χ2v) is 6.40. The van der Waals surface area contributed by atoms with Crippen molar-refractivity contribution < 1.29 is 9.53 Å². The molecule has 0 saturated heterocycles. The zero-order chi connectivity index (χ0) is 13.7. The molecule has 0 spiro atoms. The van der Waals surface area contributed by atoms with Gasteiger partial charge in [-0.15, -0.1) is 0 Å². The molecular weight excluding hydrogens is 238 g/mol. The standard InChI is InChI=1S/C16H29NO2/c1-3-19-16(18)14-7-9-15(10-8-14)17-12(2)11-13-5-4-6-13/h12-15,17H,3-11H2,1-2H3. The lowest BCUT2D eigenvalue weighted by molar-refractivity contribution is -0.149. The van der Waals surface area contributed by atoms with Crippen LogP contribution in [0.2, 0.25) is 0 Å². The predicted octanol–water partition coefficient (Wildman–Crippen LogP) is 3.28. The molecule has 2 rings (SSSR count). The van der Waals surface area contributed by atoms with Gasteiger partial charge >= 0.3 is 5.97 Å². The molecule has 0 aromatic carbocycles. The molecule has 2 saturated carbocycles. The van der Waals surface area contributed by atoms with Crippen LogP contribution in [0.1, 0.15) is 65.2 Å². The van der Waals surface area contributed by atoms with Crippen LogP contribution in [0.15, 0.2) is 0 Å². The topological polar surface area (TPSA) is 38.3 Å². The molecule has 2 fully saturated rings. The molecule has 0 aromatic heterocycles. The molecule has 0 heterocycles. The van der Waals surface area contributed by atoms with Crippen LogP contribution in [-0.4, -0.2) is 24.7 Å². The van der Waals surface area contributed by atoms with E-state index in [9.17, 15) is 4.79 Å². The van der Waals surface area contributed by atoms with E-state index in [1.54, 1.807) is 0 Å². The Balaban J connectivity index is 1.63. The number of carbonyl (C=O) groups is 1. The van der Waals surface area contributed by atoms with Crippen molar-refractivity contribution >= 4 is 5.97 Å². The van der Waals surface area contributed by atoms with Gasteiger partial charge in [0.25, 0.3) is 0 Å². The molecule has 1 atom stereocenters. The van der Waals surface area contributed by atoms with E-state index in [2.05, 4.69) is 12.2 Å². The zero-order valence-corrected chi connectivity index (χ0v) is 12.5. The second kappa shape index (κ2) is 7.28. The van der Waals surface area contributed by atoms with Crippen molar-refractivity contribution in [3.05, 3.63) is 0 Å². The Morgan fingerprint density at radius 1 is 1.21 bits per heavy atom. The summed E-state index contributed by atoms with van der Waals surface area (Å²) in [6.45, 7) is 4.71. The first-order valence-electron chi connectivity index (χ1n) is 8.11. The lowest BCUT2D eigenvalue weighted by Crippen LogP contribution is -2.41. The Hall–Kier alpha value is -0.570. The van der Waals surface area contributed by atoms with Crippen molar-refractivity contribution in [1.29, 1.82) is 0 Å². The minimum absolute atomic E-state index is 0.0171.